The zero-order valence-corrected chi connectivity index (χ0v) is 17.2. The maximum atomic E-state index is 4.81. The van der Waals surface area contributed by atoms with E-state index in [1.54, 1.807) is 0 Å². The van der Waals surface area contributed by atoms with Gasteiger partial charge in [0.1, 0.15) is 0 Å². The van der Waals surface area contributed by atoms with E-state index in [1.165, 1.54) is 31.5 Å². The summed E-state index contributed by atoms with van der Waals surface area (Å²) in [5.74, 6) is 1.79. The Kier molecular flexibility index (Phi) is 8.91. The van der Waals surface area contributed by atoms with E-state index >= 15 is 0 Å². The summed E-state index contributed by atoms with van der Waals surface area (Å²) >= 11 is 0. The van der Waals surface area contributed by atoms with Gasteiger partial charge in [0.05, 0.1) is 0 Å². The van der Waals surface area contributed by atoms with Crippen molar-refractivity contribution in [2.24, 2.45) is 10.9 Å². The summed E-state index contributed by atoms with van der Waals surface area (Å²) in [5, 5.41) is 0. The molecule has 0 radical (unpaired) electrons. The summed E-state index contributed by atoms with van der Waals surface area (Å²) < 4.78 is 0. The summed E-state index contributed by atoms with van der Waals surface area (Å²) in [6.07, 6.45) is 2.51. The van der Waals surface area contributed by atoms with E-state index < -0.39 is 0 Å². The number of aliphatic imine (C=N–C) groups is 1. The minimum absolute atomic E-state index is 0. The summed E-state index contributed by atoms with van der Waals surface area (Å²) in [7, 11) is 8.23. The van der Waals surface area contributed by atoms with Gasteiger partial charge in [-0.15, -0.1) is 24.0 Å². The largest absolute Gasteiger partial charge is 0.349 e. The molecule has 1 heterocycles. The molecule has 0 bridgehead atoms. The fourth-order valence-electron chi connectivity index (χ4n) is 3.06. The van der Waals surface area contributed by atoms with Gasteiger partial charge in [-0.2, -0.15) is 0 Å². The molecule has 1 saturated heterocycles. The van der Waals surface area contributed by atoms with Crippen LogP contribution in [0.1, 0.15) is 18.4 Å². The first-order chi connectivity index (χ1) is 10.6. The van der Waals surface area contributed by atoms with Crippen LogP contribution in [0.3, 0.4) is 0 Å². The van der Waals surface area contributed by atoms with Crippen molar-refractivity contribution in [3.8, 4) is 0 Å². The second-order valence-corrected chi connectivity index (χ2v) is 6.63. The molecule has 4 nitrogen and oxygen atoms in total. The average molecular weight is 430 g/mol. The molecular formula is C18H31IN4. The standard InChI is InChI=1S/C18H30N4.HI/c1-20(2)18(21(3)4)19-14-16-10-12-22(13-11-16)15-17-8-6-5-7-9-17;/h5-9,16H,10-15H2,1-4H3;1H. The van der Waals surface area contributed by atoms with Crippen LogP contribution in [0, 0.1) is 5.92 Å². The number of piperidine rings is 1. The number of rotatable bonds is 4. The Morgan fingerprint density at radius 2 is 1.61 bits per heavy atom. The van der Waals surface area contributed by atoms with Crippen molar-refractivity contribution in [3.63, 3.8) is 0 Å². The van der Waals surface area contributed by atoms with E-state index in [2.05, 4.69) is 73.2 Å². The first kappa shape index (κ1) is 20.2. The molecule has 1 aromatic carbocycles. The van der Waals surface area contributed by atoms with Crippen molar-refractivity contribution < 1.29 is 0 Å². The molecule has 0 saturated carbocycles. The van der Waals surface area contributed by atoms with Crippen LogP contribution in [0.5, 0.6) is 0 Å². The van der Waals surface area contributed by atoms with Crippen molar-refractivity contribution in [2.45, 2.75) is 19.4 Å². The van der Waals surface area contributed by atoms with Crippen LogP contribution in [-0.2, 0) is 6.54 Å². The monoisotopic (exact) mass is 430 g/mol. The van der Waals surface area contributed by atoms with E-state index in [9.17, 15) is 0 Å². The second-order valence-electron chi connectivity index (χ2n) is 6.63. The number of nitrogens with zero attached hydrogens (tertiary/aromatic N) is 4. The highest BCUT2D eigenvalue weighted by Gasteiger charge is 2.19. The van der Waals surface area contributed by atoms with E-state index in [4.69, 9.17) is 4.99 Å². The molecule has 0 aliphatic carbocycles. The highest BCUT2D eigenvalue weighted by Crippen LogP contribution is 2.19. The molecule has 0 unspecified atom stereocenters. The minimum atomic E-state index is 0. The van der Waals surface area contributed by atoms with E-state index in [-0.39, 0.29) is 24.0 Å². The molecule has 0 amide bonds. The van der Waals surface area contributed by atoms with Crippen LogP contribution in [0.25, 0.3) is 0 Å². The Balaban J connectivity index is 0.00000264. The smallest absolute Gasteiger partial charge is 0.195 e. The maximum absolute atomic E-state index is 4.81. The SMILES string of the molecule is CN(C)C(=NCC1CCN(Cc2ccccc2)CC1)N(C)C.I. The van der Waals surface area contributed by atoms with Crippen LogP contribution in [0.2, 0.25) is 0 Å². The lowest BCUT2D eigenvalue weighted by molar-refractivity contribution is 0.180. The lowest BCUT2D eigenvalue weighted by atomic mass is 9.96. The summed E-state index contributed by atoms with van der Waals surface area (Å²) in [6, 6.07) is 10.8. The van der Waals surface area contributed by atoms with Crippen molar-refractivity contribution in [1.29, 1.82) is 0 Å². The lowest BCUT2D eigenvalue weighted by Gasteiger charge is -2.32. The number of likely N-dealkylation sites (tertiary alicyclic amines) is 1. The predicted molar refractivity (Wildman–Crippen MR) is 110 cm³/mol. The van der Waals surface area contributed by atoms with Crippen molar-refractivity contribution in [3.05, 3.63) is 35.9 Å². The van der Waals surface area contributed by atoms with Crippen LogP contribution >= 0.6 is 24.0 Å². The Morgan fingerprint density at radius 3 is 2.13 bits per heavy atom. The van der Waals surface area contributed by atoms with Gasteiger partial charge in [0.15, 0.2) is 5.96 Å². The summed E-state index contributed by atoms with van der Waals surface area (Å²) in [4.78, 5) is 11.5. The molecule has 0 N–H and O–H groups in total. The molecule has 0 atom stereocenters. The maximum Gasteiger partial charge on any atom is 0.195 e. The van der Waals surface area contributed by atoms with Gasteiger partial charge < -0.3 is 9.80 Å². The third-order valence-electron chi connectivity index (χ3n) is 4.25. The first-order valence-corrected chi connectivity index (χ1v) is 8.21. The van der Waals surface area contributed by atoms with Gasteiger partial charge in [-0.3, -0.25) is 9.89 Å². The zero-order valence-electron chi connectivity index (χ0n) is 14.9. The Bertz CT molecular complexity index is 455. The zero-order chi connectivity index (χ0) is 15.9. The molecule has 130 valence electrons. The third-order valence-corrected chi connectivity index (χ3v) is 4.25. The van der Waals surface area contributed by atoms with Crippen LogP contribution in [0.4, 0.5) is 0 Å². The topological polar surface area (TPSA) is 22.1 Å². The van der Waals surface area contributed by atoms with Gasteiger partial charge >= 0.3 is 0 Å². The fourth-order valence-corrected chi connectivity index (χ4v) is 3.06. The molecule has 2 rings (SSSR count). The Hall–Kier alpha value is -0.820. The van der Waals surface area contributed by atoms with Gasteiger partial charge in [-0.25, -0.2) is 0 Å². The third kappa shape index (κ3) is 6.67. The Morgan fingerprint density at radius 1 is 1.04 bits per heavy atom. The summed E-state index contributed by atoms with van der Waals surface area (Å²) in [5.41, 5.74) is 1.42. The molecule has 0 aromatic heterocycles. The quantitative estimate of drug-likeness (QED) is 0.417. The highest BCUT2D eigenvalue weighted by atomic mass is 127. The number of halogens is 1. The van der Waals surface area contributed by atoms with Gasteiger partial charge in [-0.05, 0) is 37.4 Å². The second kappa shape index (κ2) is 10.1. The minimum Gasteiger partial charge on any atom is -0.349 e. The predicted octanol–water partition coefficient (Wildman–Crippen LogP) is 3.00. The van der Waals surface area contributed by atoms with Crippen molar-refractivity contribution >= 4 is 29.9 Å². The van der Waals surface area contributed by atoms with Crippen LogP contribution < -0.4 is 0 Å². The molecule has 1 aliphatic heterocycles. The molecular weight excluding hydrogens is 399 g/mol. The van der Waals surface area contributed by atoms with E-state index in [0.717, 1.165) is 25.0 Å². The fraction of sp³-hybridized carbons (Fsp3) is 0.611. The number of hydrogen-bond donors (Lipinski definition) is 0. The molecule has 1 aliphatic rings. The molecule has 1 aromatic rings. The van der Waals surface area contributed by atoms with Crippen molar-refractivity contribution in [1.82, 2.24) is 14.7 Å². The molecule has 1 fully saturated rings. The number of guanidine groups is 1. The number of benzene rings is 1. The Labute approximate surface area is 158 Å². The van der Waals surface area contributed by atoms with E-state index in [0.29, 0.717) is 0 Å². The lowest BCUT2D eigenvalue weighted by Crippen LogP contribution is -2.37. The van der Waals surface area contributed by atoms with Crippen molar-refractivity contribution in [2.75, 3.05) is 47.8 Å². The van der Waals surface area contributed by atoms with Crippen LogP contribution in [-0.4, -0.2) is 68.5 Å². The average Bonchev–Trinajstić information content (AvgIpc) is 2.49. The van der Waals surface area contributed by atoms with Crippen LogP contribution in [0.15, 0.2) is 35.3 Å². The number of hydrogen-bond acceptors (Lipinski definition) is 2. The molecule has 5 heteroatoms. The normalized spacial score (nSPS) is 15.7. The van der Waals surface area contributed by atoms with Gasteiger partial charge in [0.25, 0.3) is 0 Å². The van der Waals surface area contributed by atoms with Gasteiger partial charge in [-0.1, -0.05) is 30.3 Å². The molecule has 0 spiro atoms. The summed E-state index contributed by atoms with van der Waals surface area (Å²) in [6.45, 7) is 4.41. The van der Waals surface area contributed by atoms with Gasteiger partial charge in [0.2, 0.25) is 0 Å². The van der Waals surface area contributed by atoms with E-state index in [1.807, 2.05) is 0 Å². The first-order valence-electron chi connectivity index (χ1n) is 8.21. The molecule has 23 heavy (non-hydrogen) atoms. The highest BCUT2D eigenvalue weighted by molar-refractivity contribution is 14.0. The van der Waals surface area contributed by atoms with Gasteiger partial charge in [0, 0.05) is 41.3 Å².